The second-order valence-electron chi connectivity index (χ2n) is 10.6. The molecule has 8 heteroatoms. The van der Waals surface area contributed by atoms with Crippen LogP contribution in [0.2, 0.25) is 0 Å². The highest BCUT2D eigenvalue weighted by Gasteiger charge is 2.33. The second-order valence-corrected chi connectivity index (χ2v) is 10.6. The quantitative estimate of drug-likeness (QED) is 0.268. The normalized spacial score (nSPS) is 19.4. The van der Waals surface area contributed by atoms with Gasteiger partial charge in [0.15, 0.2) is 0 Å². The van der Waals surface area contributed by atoms with Gasteiger partial charge in [0, 0.05) is 17.7 Å². The van der Waals surface area contributed by atoms with Gasteiger partial charge in [-0.3, -0.25) is 4.79 Å². The van der Waals surface area contributed by atoms with Crippen LogP contribution in [0.1, 0.15) is 73.9 Å². The monoisotopic (exact) mass is 533 g/mol. The number of likely N-dealkylation sites (tertiary alicyclic amines) is 1. The fraction of sp³-hybridized carbons (Fsp3) is 0.344. The van der Waals surface area contributed by atoms with E-state index in [1.807, 2.05) is 60.6 Å². The Balaban J connectivity index is 1.10. The number of amides is 1. The fourth-order valence-corrected chi connectivity index (χ4v) is 5.54. The summed E-state index contributed by atoms with van der Waals surface area (Å²) >= 11 is 0. The van der Waals surface area contributed by atoms with Crippen LogP contribution in [0, 0.1) is 11.8 Å². The van der Waals surface area contributed by atoms with Gasteiger partial charge in [-0.2, -0.15) is 0 Å². The number of H-pyrrole nitrogens is 2. The van der Waals surface area contributed by atoms with Crippen molar-refractivity contribution in [1.82, 2.24) is 30.2 Å². The standard InChI is InChI=1S/C32H35N7O/c1-2-25(33)32(40)39-18-4-6-29(39)31-36-20-28(38-31)24-15-11-22(12-16-24)8-7-21-9-13-23(14-10-21)27-19-35-30(37-27)26-5-3-17-34-26/h9-16,19-20,25-26,29,34H,2-6,17-18,33H2,1H3,(H,35,37)(H,36,38)/t25-,26-,29-/m0/s1. The van der Waals surface area contributed by atoms with Gasteiger partial charge >= 0.3 is 0 Å². The van der Waals surface area contributed by atoms with Crippen molar-refractivity contribution in [3.63, 3.8) is 0 Å². The van der Waals surface area contributed by atoms with Crippen LogP contribution in [0.15, 0.2) is 60.9 Å². The zero-order valence-corrected chi connectivity index (χ0v) is 22.8. The first-order valence-corrected chi connectivity index (χ1v) is 14.2. The van der Waals surface area contributed by atoms with Crippen LogP contribution in [-0.2, 0) is 4.79 Å². The number of carbonyl (C=O) groups excluding carboxylic acids is 1. The van der Waals surface area contributed by atoms with E-state index in [1.165, 1.54) is 6.42 Å². The Labute approximate surface area is 234 Å². The molecule has 4 aromatic rings. The smallest absolute Gasteiger partial charge is 0.240 e. The number of benzene rings is 2. The molecule has 0 saturated carbocycles. The van der Waals surface area contributed by atoms with Crippen molar-refractivity contribution in [3.05, 3.63) is 83.7 Å². The highest BCUT2D eigenvalue weighted by molar-refractivity contribution is 5.82. The van der Waals surface area contributed by atoms with Crippen molar-refractivity contribution in [2.75, 3.05) is 13.1 Å². The third kappa shape index (κ3) is 5.44. The lowest BCUT2D eigenvalue weighted by Crippen LogP contribution is -2.43. The van der Waals surface area contributed by atoms with E-state index in [4.69, 9.17) is 5.73 Å². The summed E-state index contributed by atoms with van der Waals surface area (Å²) in [6.07, 6.45) is 8.56. The van der Waals surface area contributed by atoms with Gasteiger partial charge in [0.1, 0.15) is 11.6 Å². The first-order valence-electron chi connectivity index (χ1n) is 14.2. The van der Waals surface area contributed by atoms with Crippen LogP contribution in [0.5, 0.6) is 0 Å². The number of rotatable bonds is 6. The molecule has 0 unspecified atom stereocenters. The summed E-state index contributed by atoms with van der Waals surface area (Å²) in [5.41, 5.74) is 12.0. The molecule has 1 amide bonds. The van der Waals surface area contributed by atoms with E-state index in [1.54, 1.807) is 0 Å². The number of nitrogens with one attached hydrogen (secondary N) is 3. The molecule has 40 heavy (non-hydrogen) atoms. The van der Waals surface area contributed by atoms with Gasteiger partial charge in [0.2, 0.25) is 5.91 Å². The van der Waals surface area contributed by atoms with E-state index >= 15 is 0 Å². The number of nitrogens with zero attached hydrogens (tertiary/aromatic N) is 3. The SMILES string of the molecule is CC[C@H](N)C(=O)N1CCC[C@H]1c1ncc(-c2ccc(C#Cc3ccc(-c4cnc([C@@H]5CCCN5)[nH]4)cc3)cc2)[nH]1. The summed E-state index contributed by atoms with van der Waals surface area (Å²) < 4.78 is 0. The van der Waals surface area contributed by atoms with Crippen molar-refractivity contribution in [2.24, 2.45) is 5.73 Å². The maximum Gasteiger partial charge on any atom is 0.240 e. The van der Waals surface area contributed by atoms with Crippen LogP contribution in [-0.4, -0.2) is 49.9 Å². The molecule has 204 valence electrons. The molecular formula is C32H35N7O. The molecule has 0 aliphatic carbocycles. The molecule has 2 aromatic heterocycles. The van der Waals surface area contributed by atoms with E-state index in [-0.39, 0.29) is 11.9 Å². The molecular weight excluding hydrogens is 498 g/mol. The van der Waals surface area contributed by atoms with Gasteiger partial charge in [-0.25, -0.2) is 9.97 Å². The van der Waals surface area contributed by atoms with Crippen molar-refractivity contribution in [3.8, 4) is 34.4 Å². The third-order valence-corrected chi connectivity index (χ3v) is 7.93. The van der Waals surface area contributed by atoms with Crippen LogP contribution < -0.4 is 11.1 Å². The van der Waals surface area contributed by atoms with Crippen LogP contribution in [0.25, 0.3) is 22.5 Å². The minimum Gasteiger partial charge on any atom is -0.341 e. The maximum atomic E-state index is 12.7. The molecule has 0 spiro atoms. The Morgan fingerprint density at radius 2 is 1.52 bits per heavy atom. The summed E-state index contributed by atoms with van der Waals surface area (Å²) in [6.45, 7) is 3.72. The summed E-state index contributed by atoms with van der Waals surface area (Å²) in [5, 5.41) is 3.48. The lowest BCUT2D eigenvalue weighted by molar-refractivity contribution is -0.133. The first kappa shape index (κ1) is 26.1. The van der Waals surface area contributed by atoms with E-state index in [0.29, 0.717) is 12.5 Å². The van der Waals surface area contributed by atoms with Crippen LogP contribution >= 0.6 is 0 Å². The minimum absolute atomic E-state index is 0.00725. The van der Waals surface area contributed by atoms with Gasteiger partial charge in [-0.1, -0.05) is 43.0 Å². The van der Waals surface area contributed by atoms with E-state index in [9.17, 15) is 4.79 Å². The minimum atomic E-state index is -0.454. The first-order chi connectivity index (χ1) is 19.6. The van der Waals surface area contributed by atoms with Gasteiger partial charge in [0.05, 0.1) is 41.9 Å². The van der Waals surface area contributed by atoms with Crippen LogP contribution in [0.3, 0.4) is 0 Å². The van der Waals surface area contributed by atoms with Gasteiger partial charge in [0.25, 0.3) is 0 Å². The van der Waals surface area contributed by atoms with E-state index < -0.39 is 6.04 Å². The van der Waals surface area contributed by atoms with E-state index in [0.717, 1.165) is 77.6 Å². The highest BCUT2D eigenvalue weighted by atomic mass is 16.2. The van der Waals surface area contributed by atoms with Crippen molar-refractivity contribution in [2.45, 2.75) is 57.2 Å². The third-order valence-electron chi connectivity index (χ3n) is 7.93. The zero-order chi connectivity index (χ0) is 27.5. The largest absolute Gasteiger partial charge is 0.341 e. The number of aromatic nitrogens is 4. The zero-order valence-electron chi connectivity index (χ0n) is 22.8. The summed E-state index contributed by atoms with van der Waals surface area (Å²) in [4.78, 5) is 30.7. The molecule has 0 radical (unpaired) electrons. The van der Waals surface area contributed by atoms with E-state index in [2.05, 4.69) is 49.2 Å². The Hall–Kier alpha value is -4.19. The molecule has 6 rings (SSSR count). The van der Waals surface area contributed by atoms with Crippen molar-refractivity contribution < 1.29 is 4.79 Å². The van der Waals surface area contributed by atoms with Crippen LogP contribution in [0.4, 0.5) is 0 Å². The topological polar surface area (TPSA) is 116 Å². The van der Waals surface area contributed by atoms with Gasteiger partial charge < -0.3 is 25.9 Å². The molecule has 8 nitrogen and oxygen atoms in total. The Morgan fingerprint density at radius 3 is 2.10 bits per heavy atom. The number of aromatic amines is 2. The summed E-state index contributed by atoms with van der Waals surface area (Å²) in [6, 6.07) is 16.2. The molecule has 5 N–H and O–H groups in total. The predicted molar refractivity (Wildman–Crippen MR) is 156 cm³/mol. The van der Waals surface area contributed by atoms with Crippen molar-refractivity contribution >= 4 is 5.91 Å². The molecule has 2 aliphatic heterocycles. The predicted octanol–water partition coefficient (Wildman–Crippen LogP) is 4.69. The Kier molecular flexibility index (Phi) is 7.49. The molecule has 0 bridgehead atoms. The number of nitrogens with two attached hydrogens (primary N) is 1. The fourth-order valence-electron chi connectivity index (χ4n) is 5.54. The molecule has 2 aromatic carbocycles. The molecule has 2 saturated heterocycles. The number of hydrogen-bond donors (Lipinski definition) is 4. The lowest BCUT2D eigenvalue weighted by Gasteiger charge is -2.25. The van der Waals surface area contributed by atoms with Gasteiger partial charge in [-0.05, 0) is 74.0 Å². The molecule has 4 heterocycles. The average molecular weight is 534 g/mol. The second kappa shape index (κ2) is 11.5. The number of imidazole rings is 2. The highest BCUT2D eigenvalue weighted by Crippen LogP contribution is 2.32. The molecule has 2 fully saturated rings. The number of carbonyl (C=O) groups is 1. The van der Waals surface area contributed by atoms with Gasteiger partial charge in [-0.15, -0.1) is 0 Å². The maximum absolute atomic E-state index is 12.7. The van der Waals surface area contributed by atoms with Crippen molar-refractivity contribution in [1.29, 1.82) is 0 Å². The number of hydrogen-bond acceptors (Lipinski definition) is 5. The summed E-state index contributed by atoms with van der Waals surface area (Å²) in [5.74, 6) is 8.37. The summed E-state index contributed by atoms with van der Waals surface area (Å²) in [7, 11) is 0. The molecule has 3 atom stereocenters. The molecule has 2 aliphatic rings. The average Bonchev–Trinajstić information content (AvgIpc) is 3.82. The lowest BCUT2D eigenvalue weighted by atomic mass is 10.1. The Morgan fingerprint density at radius 1 is 0.925 bits per heavy atom. The Bertz CT molecular complexity index is 1520.